The minimum Gasteiger partial charge on any atom is -0.448 e. The summed E-state index contributed by atoms with van der Waals surface area (Å²) in [4.78, 5) is 24.9. The van der Waals surface area contributed by atoms with Crippen molar-refractivity contribution >= 4 is 62.2 Å². The molecule has 1 atom stereocenters. The highest BCUT2D eigenvalue weighted by molar-refractivity contribution is 7.21. The minimum absolute atomic E-state index is 0.249. The van der Waals surface area contributed by atoms with Crippen molar-refractivity contribution in [2.24, 2.45) is 0 Å². The van der Waals surface area contributed by atoms with E-state index in [-0.39, 0.29) is 4.88 Å². The van der Waals surface area contributed by atoms with Gasteiger partial charge in [-0.2, -0.15) is 0 Å². The van der Waals surface area contributed by atoms with E-state index in [2.05, 4.69) is 5.32 Å². The number of esters is 1. The molecule has 1 N–H and O–H groups in total. The fraction of sp³-hybridized carbons (Fsp3) is 0.158. The zero-order valence-corrected chi connectivity index (χ0v) is 16.3. The molecule has 0 aliphatic heterocycles. The second-order valence-corrected chi connectivity index (χ2v) is 7.66. The first kappa shape index (κ1) is 18.7. The van der Waals surface area contributed by atoms with E-state index in [9.17, 15) is 9.59 Å². The van der Waals surface area contributed by atoms with Gasteiger partial charge in [0.15, 0.2) is 6.10 Å². The van der Waals surface area contributed by atoms with Gasteiger partial charge in [0.2, 0.25) is 0 Å². The number of ether oxygens (including phenoxy) is 1. The standard InChI is InChI=1S/C19H15Cl2NO3S/c1-10-4-3-5-13(8-10)22-18(23)11(2)25-19(24)17-16(21)14-7-6-12(20)9-15(14)26-17/h3-9,11H,1-2H3,(H,22,23)/t11-/m1/s1. The van der Waals surface area contributed by atoms with E-state index in [0.29, 0.717) is 15.7 Å². The van der Waals surface area contributed by atoms with Crippen molar-refractivity contribution in [1.29, 1.82) is 0 Å². The summed E-state index contributed by atoms with van der Waals surface area (Å²) in [5, 5.41) is 4.31. The number of carbonyl (C=O) groups excluding carboxylic acids is 2. The lowest BCUT2D eigenvalue weighted by Crippen LogP contribution is -2.29. The second-order valence-electron chi connectivity index (χ2n) is 5.79. The first-order valence-corrected chi connectivity index (χ1v) is 9.38. The number of hydrogen-bond acceptors (Lipinski definition) is 4. The van der Waals surface area contributed by atoms with Crippen LogP contribution in [0.2, 0.25) is 10.0 Å². The number of aryl methyl sites for hydroxylation is 1. The number of anilines is 1. The van der Waals surface area contributed by atoms with Crippen molar-refractivity contribution in [1.82, 2.24) is 0 Å². The van der Waals surface area contributed by atoms with Gasteiger partial charge in [0.1, 0.15) is 4.88 Å². The second kappa shape index (κ2) is 7.66. The molecule has 0 radical (unpaired) electrons. The molecule has 0 saturated heterocycles. The maximum atomic E-state index is 12.4. The molecule has 7 heteroatoms. The molecule has 0 unspecified atom stereocenters. The quantitative estimate of drug-likeness (QED) is 0.564. The number of carbonyl (C=O) groups is 2. The zero-order valence-electron chi connectivity index (χ0n) is 14.0. The Morgan fingerprint density at radius 3 is 2.65 bits per heavy atom. The van der Waals surface area contributed by atoms with Crippen molar-refractivity contribution in [3.8, 4) is 0 Å². The lowest BCUT2D eigenvalue weighted by atomic mass is 10.2. The Labute approximate surface area is 164 Å². The Bertz CT molecular complexity index is 1000. The van der Waals surface area contributed by atoms with Crippen molar-refractivity contribution in [3.63, 3.8) is 0 Å². The molecule has 4 nitrogen and oxygen atoms in total. The summed E-state index contributed by atoms with van der Waals surface area (Å²) in [6, 6.07) is 12.6. The Hall–Kier alpha value is -2.08. The monoisotopic (exact) mass is 407 g/mol. The molecule has 134 valence electrons. The molecule has 3 aromatic rings. The lowest BCUT2D eigenvalue weighted by Gasteiger charge is -2.13. The van der Waals surface area contributed by atoms with Gasteiger partial charge >= 0.3 is 5.97 Å². The van der Waals surface area contributed by atoms with Gasteiger partial charge in [-0.1, -0.05) is 41.4 Å². The molecule has 26 heavy (non-hydrogen) atoms. The number of amides is 1. The number of halogens is 2. The molecular formula is C19H15Cl2NO3S. The third-order valence-electron chi connectivity index (χ3n) is 3.72. The van der Waals surface area contributed by atoms with Gasteiger partial charge in [0.05, 0.1) is 5.02 Å². The third-order valence-corrected chi connectivity index (χ3v) is 5.59. The van der Waals surface area contributed by atoms with E-state index in [1.165, 1.54) is 18.3 Å². The summed E-state index contributed by atoms with van der Waals surface area (Å²) in [6.45, 7) is 3.44. The van der Waals surface area contributed by atoms with Gasteiger partial charge in [-0.25, -0.2) is 4.79 Å². The normalized spacial score (nSPS) is 12.0. The van der Waals surface area contributed by atoms with Gasteiger partial charge in [0, 0.05) is 20.8 Å². The Balaban J connectivity index is 1.73. The molecule has 1 amide bonds. The lowest BCUT2D eigenvalue weighted by molar-refractivity contribution is -0.123. The maximum absolute atomic E-state index is 12.4. The van der Waals surface area contributed by atoms with E-state index in [1.807, 2.05) is 25.1 Å². The highest BCUT2D eigenvalue weighted by Crippen LogP contribution is 2.37. The van der Waals surface area contributed by atoms with Crippen molar-refractivity contribution in [2.45, 2.75) is 20.0 Å². The highest BCUT2D eigenvalue weighted by atomic mass is 35.5. The van der Waals surface area contributed by atoms with E-state index < -0.39 is 18.0 Å². The van der Waals surface area contributed by atoms with Crippen LogP contribution in [0.4, 0.5) is 5.69 Å². The largest absolute Gasteiger partial charge is 0.448 e. The van der Waals surface area contributed by atoms with Gasteiger partial charge < -0.3 is 10.1 Å². The number of fused-ring (bicyclic) bond motifs is 1. The molecule has 0 aliphatic carbocycles. The summed E-state index contributed by atoms with van der Waals surface area (Å²) >= 11 is 13.4. The molecule has 0 bridgehead atoms. The Kier molecular flexibility index (Phi) is 5.51. The number of rotatable bonds is 4. The zero-order chi connectivity index (χ0) is 18.8. The third kappa shape index (κ3) is 4.01. The predicted molar refractivity (Wildman–Crippen MR) is 107 cm³/mol. The predicted octanol–water partition coefficient (Wildman–Crippen LogP) is 5.70. The number of hydrogen-bond donors (Lipinski definition) is 1. The smallest absolute Gasteiger partial charge is 0.350 e. The molecule has 1 aromatic heterocycles. The summed E-state index contributed by atoms with van der Waals surface area (Å²) < 4.78 is 6.07. The fourth-order valence-corrected chi connectivity index (χ4v) is 4.07. The first-order chi connectivity index (χ1) is 12.3. The molecule has 1 heterocycles. The van der Waals surface area contributed by atoms with Gasteiger partial charge in [-0.05, 0) is 43.7 Å². The van der Waals surface area contributed by atoms with Crippen LogP contribution in [0.3, 0.4) is 0 Å². The van der Waals surface area contributed by atoms with Crippen LogP contribution in [0, 0.1) is 6.92 Å². The molecule has 0 spiro atoms. The van der Waals surface area contributed by atoms with E-state index in [0.717, 1.165) is 15.6 Å². The van der Waals surface area contributed by atoms with Crippen molar-refractivity contribution < 1.29 is 14.3 Å². The number of benzene rings is 2. The van der Waals surface area contributed by atoms with Crippen LogP contribution in [0.5, 0.6) is 0 Å². The Morgan fingerprint density at radius 2 is 1.92 bits per heavy atom. The summed E-state index contributed by atoms with van der Waals surface area (Å²) in [7, 11) is 0. The van der Waals surface area contributed by atoms with Crippen LogP contribution in [0.15, 0.2) is 42.5 Å². The summed E-state index contributed by atoms with van der Waals surface area (Å²) in [5.74, 6) is -1.05. The van der Waals surface area contributed by atoms with Crippen LogP contribution in [-0.4, -0.2) is 18.0 Å². The van der Waals surface area contributed by atoms with Gasteiger partial charge in [-0.3, -0.25) is 4.79 Å². The molecule has 0 aliphatic rings. The molecular weight excluding hydrogens is 393 g/mol. The Morgan fingerprint density at radius 1 is 1.15 bits per heavy atom. The van der Waals surface area contributed by atoms with E-state index in [1.54, 1.807) is 24.3 Å². The maximum Gasteiger partial charge on any atom is 0.350 e. The average molecular weight is 408 g/mol. The SMILES string of the molecule is Cc1cccc(NC(=O)[C@@H](C)OC(=O)c2sc3cc(Cl)ccc3c2Cl)c1. The first-order valence-electron chi connectivity index (χ1n) is 7.81. The van der Waals surface area contributed by atoms with Crippen LogP contribution in [0.1, 0.15) is 22.2 Å². The highest BCUT2D eigenvalue weighted by Gasteiger charge is 2.23. The number of nitrogens with one attached hydrogen (secondary N) is 1. The van der Waals surface area contributed by atoms with Crippen LogP contribution >= 0.6 is 34.5 Å². The van der Waals surface area contributed by atoms with Gasteiger partial charge in [-0.15, -0.1) is 11.3 Å². The fourth-order valence-electron chi connectivity index (χ4n) is 2.40. The van der Waals surface area contributed by atoms with E-state index >= 15 is 0 Å². The topological polar surface area (TPSA) is 55.4 Å². The summed E-state index contributed by atoms with van der Waals surface area (Å²) in [6.07, 6.45) is -0.965. The van der Waals surface area contributed by atoms with Gasteiger partial charge in [0.25, 0.3) is 5.91 Å². The summed E-state index contributed by atoms with van der Waals surface area (Å²) in [5.41, 5.74) is 1.66. The number of thiophene rings is 1. The molecule has 0 saturated carbocycles. The van der Waals surface area contributed by atoms with Crippen LogP contribution in [-0.2, 0) is 9.53 Å². The van der Waals surface area contributed by atoms with Crippen LogP contribution in [0.25, 0.3) is 10.1 Å². The molecule has 2 aromatic carbocycles. The van der Waals surface area contributed by atoms with Crippen LogP contribution < -0.4 is 5.32 Å². The molecule has 3 rings (SSSR count). The average Bonchev–Trinajstić information content (AvgIpc) is 2.91. The minimum atomic E-state index is -0.965. The van der Waals surface area contributed by atoms with E-state index in [4.69, 9.17) is 27.9 Å². The van der Waals surface area contributed by atoms with Crippen molar-refractivity contribution in [3.05, 3.63) is 63.0 Å². The van der Waals surface area contributed by atoms with Crippen molar-refractivity contribution in [2.75, 3.05) is 5.32 Å². The molecule has 0 fully saturated rings.